The van der Waals surface area contributed by atoms with Crippen molar-refractivity contribution in [3.8, 4) is 0 Å². The van der Waals surface area contributed by atoms with Crippen molar-refractivity contribution in [3.05, 3.63) is 76.8 Å². The topological polar surface area (TPSA) is 69.7 Å². The van der Waals surface area contributed by atoms with Crippen LogP contribution in [0.2, 0.25) is 5.02 Å². The summed E-state index contributed by atoms with van der Waals surface area (Å²) in [5.41, 5.74) is 2.15. The molecule has 0 saturated heterocycles. The van der Waals surface area contributed by atoms with Gasteiger partial charge in [0.25, 0.3) is 5.91 Å². The molecule has 0 aromatic heterocycles. The molecular formula is C26H26ClN3O3. The number of hydrogen-bond acceptors (Lipinski definition) is 3. The molecule has 1 atom stereocenters. The fraction of sp³-hybridized carbons (Fsp3) is 0.269. The van der Waals surface area contributed by atoms with Crippen LogP contribution in [-0.4, -0.2) is 41.2 Å². The summed E-state index contributed by atoms with van der Waals surface area (Å²) in [6.07, 6.45) is 0. The minimum Gasteiger partial charge on any atom is -0.352 e. The molecule has 1 heterocycles. The Morgan fingerprint density at radius 2 is 1.67 bits per heavy atom. The molecule has 0 fully saturated rings. The van der Waals surface area contributed by atoms with Crippen LogP contribution in [0.5, 0.6) is 0 Å². The largest absolute Gasteiger partial charge is 0.352 e. The standard InChI is InChI=1S/C26H26ClN3O3/c1-16(2)28-25(32)17(3)29(14-18-10-12-20(27)13-11-18)23(31)15-30-22-9-5-7-19-6-4-8-21(24(19)22)26(30)33/h4-13,16-17H,14-15H2,1-3H3,(H,28,32)/t17-/m0/s1. The highest BCUT2D eigenvalue weighted by Gasteiger charge is 2.34. The molecule has 0 spiro atoms. The van der Waals surface area contributed by atoms with Gasteiger partial charge in [0.05, 0.1) is 5.69 Å². The summed E-state index contributed by atoms with van der Waals surface area (Å²) in [6, 6.07) is 17.6. The lowest BCUT2D eigenvalue weighted by atomic mass is 10.1. The van der Waals surface area contributed by atoms with Crippen molar-refractivity contribution in [1.82, 2.24) is 10.2 Å². The monoisotopic (exact) mass is 463 g/mol. The van der Waals surface area contributed by atoms with Crippen LogP contribution in [0.3, 0.4) is 0 Å². The van der Waals surface area contributed by atoms with Crippen molar-refractivity contribution in [2.45, 2.75) is 39.4 Å². The highest BCUT2D eigenvalue weighted by atomic mass is 35.5. The number of amides is 3. The van der Waals surface area contributed by atoms with Crippen LogP contribution in [0.25, 0.3) is 10.8 Å². The van der Waals surface area contributed by atoms with Gasteiger partial charge in [-0.1, -0.05) is 48.0 Å². The molecule has 0 radical (unpaired) electrons. The Hall–Kier alpha value is -3.38. The number of benzene rings is 3. The van der Waals surface area contributed by atoms with E-state index < -0.39 is 6.04 Å². The third-order valence-electron chi connectivity index (χ3n) is 5.81. The quantitative estimate of drug-likeness (QED) is 0.564. The van der Waals surface area contributed by atoms with Crippen LogP contribution in [0.1, 0.15) is 36.7 Å². The summed E-state index contributed by atoms with van der Waals surface area (Å²) < 4.78 is 0. The van der Waals surface area contributed by atoms with Gasteiger partial charge in [0.2, 0.25) is 11.8 Å². The first-order valence-electron chi connectivity index (χ1n) is 10.9. The molecule has 33 heavy (non-hydrogen) atoms. The molecule has 3 amide bonds. The number of carbonyl (C=O) groups is 3. The van der Waals surface area contributed by atoms with Crippen molar-refractivity contribution in [2.24, 2.45) is 0 Å². The predicted octanol–water partition coefficient (Wildman–Crippen LogP) is 4.40. The molecule has 6 nitrogen and oxygen atoms in total. The number of rotatable bonds is 7. The molecule has 1 N–H and O–H groups in total. The van der Waals surface area contributed by atoms with E-state index in [4.69, 9.17) is 11.6 Å². The number of carbonyl (C=O) groups excluding carboxylic acids is 3. The molecule has 3 aromatic rings. The predicted molar refractivity (Wildman–Crippen MR) is 130 cm³/mol. The maximum Gasteiger partial charge on any atom is 0.259 e. The zero-order chi connectivity index (χ0) is 23.7. The second-order valence-electron chi connectivity index (χ2n) is 8.56. The van der Waals surface area contributed by atoms with E-state index in [2.05, 4.69) is 5.32 Å². The van der Waals surface area contributed by atoms with Crippen LogP contribution in [0, 0.1) is 0 Å². The van der Waals surface area contributed by atoms with Crippen molar-refractivity contribution in [3.63, 3.8) is 0 Å². The van der Waals surface area contributed by atoms with E-state index in [1.54, 1.807) is 25.1 Å². The average Bonchev–Trinajstić information content (AvgIpc) is 3.05. The summed E-state index contributed by atoms with van der Waals surface area (Å²) in [6.45, 7) is 5.52. The highest BCUT2D eigenvalue weighted by molar-refractivity contribution is 6.30. The molecule has 3 aromatic carbocycles. The normalized spacial score (nSPS) is 13.5. The van der Waals surface area contributed by atoms with Crippen LogP contribution in [0.15, 0.2) is 60.7 Å². The Kier molecular flexibility index (Phi) is 6.38. The Morgan fingerprint density at radius 3 is 2.33 bits per heavy atom. The molecule has 0 saturated carbocycles. The van der Waals surface area contributed by atoms with Gasteiger partial charge in [0.1, 0.15) is 12.6 Å². The zero-order valence-corrected chi connectivity index (χ0v) is 19.6. The third kappa shape index (κ3) is 4.57. The van der Waals surface area contributed by atoms with Gasteiger partial charge in [0, 0.05) is 28.6 Å². The number of halogens is 1. The molecule has 4 rings (SSSR count). The van der Waals surface area contributed by atoms with Gasteiger partial charge in [0.15, 0.2) is 0 Å². The fourth-order valence-corrected chi connectivity index (χ4v) is 4.26. The lowest BCUT2D eigenvalue weighted by Gasteiger charge is -2.31. The minimum absolute atomic E-state index is 0.0558. The van der Waals surface area contributed by atoms with E-state index >= 15 is 0 Å². The summed E-state index contributed by atoms with van der Waals surface area (Å²) in [5.74, 6) is -0.763. The molecule has 170 valence electrons. The Labute approximate surface area is 198 Å². The van der Waals surface area contributed by atoms with Gasteiger partial charge in [-0.2, -0.15) is 0 Å². The Bertz CT molecular complexity index is 1220. The van der Waals surface area contributed by atoms with Crippen molar-refractivity contribution < 1.29 is 14.4 Å². The molecule has 1 aliphatic heterocycles. The number of anilines is 1. The average molecular weight is 464 g/mol. The fourth-order valence-electron chi connectivity index (χ4n) is 4.14. The van der Waals surface area contributed by atoms with E-state index in [0.29, 0.717) is 16.3 Å². The van der Waals surface area contributed by atoms with Gasteiger partial charge in [-0.3, -0.25) is 19.3 Å². The Morgan fingerprint density at radius 1 is 1.00 bits per heavy atom. The molecule has 1 aliphatic rings. The first kappa shape index (κ1) is 22.8. The summed E-state index contributed by atoms with van der Waals surface area (Å²) >= 11 is 6.00. The first-order valence-corrected chi connectivity index (χ1v) is 11.3. The summed E-state index contributed by atoms with van der Waals surface area (Å²) in [7, 11) is 0. The zero-order valence-electron chi connectivity index (χ0n) is 18.8. The smallest absolute Gasteiger partial charge is 0.259 e. The van der Waals surface area contributed by atoms with Gasteiger partial charge in [-0.15, -0.1) is 0 Å². The van der Waals surface area contributed by atoms with Crippen LogP contribution < -0.4 is 10.2 Å². The SMILES string of the molecule is CC(C)NC(=O)[C@H](C)N(Cc1ccc(Cl)cc1)C(=O)CN1C(=O)c2cccc3cccc1c23. The Balaban J connectivity index is 1.62. The molecular weight excluding hydrogens is 438 g/mol. The van der Waals surface area contributed by atoms with E-state index in [1.807, 2.05) is 56.3 Å². The molecule has 7 heteroatoms. The molecule has 0 aliphatic carbocycles. The van der Waals surface area contributed by atoms with Crippen LogP contribution in [-0.2, 0) is 16.1 Å². The number of hydrogen-bond donors (Lipinski definition) is 1. The summed E-state index contributed by atoms with van der Waals surface area (Å²) in [5, 5.41) is 5.27. The van der Waals surface area contributed by atoms with Crippen LogP contribution in [0.4, 0.5) is 5.69 Å². The van der Waals surface area contributed by atoms with E-state index in [9.17, 15) is 14.4 Å². The molecule has 0 unspecified atom stereocenters. The van der Waals surface area contributed by atoms with Crippen molar-refractivity contribution in [2.75, 3.05) is 11.4 Å². The maximum absolute atomic E-state index is 13.5. The number of nitrogens with zero attached hydrogens (tertiary/aromatic N) is 2. The van der Waals surface area contributed by atoms with Gasteiger partial charge in [-0.25, -0.2) is 0 Å². The minimum atomic E-state index is -0.716. The van der Waals surface area contributed by atoms with Gasteiger partial charge < -0.3 is 10.2 Å². The maximum atomic E-state index is 13.5. The third-order valence-corrected chi connectivity index (χ3v) is 6.06. The first-order chi connectivity index (χ1) is 15.8. The lowest BCUT2D eigenvalue weighted by Crippen LogP contribution is -2.51. The summed E-state index contributed by atoms with van der Waals surface area (Å²) in [4.78, 5) is 42.5. The second kappa shape index (κ2) is 9.24. The molecule has 0 bridgehead atoms. The van der Waals surface area contributed by atoms with Gasteiger partial charge >= 0.3 is 0 Å². The van der Waals surface area contributed by atoms with E-state index in [1.165, 1.54) is 9.80 Å². The van der Waals surface area contributed by atoms with Crippen LogP contribution >= 0.6 is 11.6 Å². The van der Waals surface area contributed by atoms with Crippen molar-refractivity contribution >= 4 is 45.8 Å². The lowest BCUT2D eigenvalue weighted by molar-refractivity contribution is -0.139. The van der Waals surface area contributed by atoms with Crippen molar-refractivity contribution in [1.29, 1.82) is 0 Å². The van der Waals surface area contributed by atoms with E-state index in [-0.39, 0.29) is 36.9 Å². The highest BCUT2D eigenvalue weighted by Crippen LogP contribution is 2.37. The van der Waals surface area contributed by atoms with E-state index in [0.717, 1.165) is 16.3 Å². The number of nitrogens with one attached hydrogen (secondary N) is 1. The second-order valence-corrected chi connectivity index (χ2v) is 9.00. The van der Waals surface area contributed by atoms with Gasteiger partial charge in [-0.05, 0) is 56.0 Å².